The van der Waals surface area contributed by atoms with Crippen molar-refractivity contribution in [3.8, 4) is 0 Å². The molecule has 1 unspecified atom stereocenters. The van der Waals surface area contributed by atoms with Gasteiger partial charge in [0.15, 0.2) is 0 Å². The molecule has 100 valence electrons. The Hall–Kier alpha value is -0.540. The smallest absolute Gasteiger partial charge is 0.252 e. The number of nitrogens with two attached hydrogens (primary N) is 1. The highest BCUT2D eigenvalue weighted by molar-refractivity contribution is 7.91. The molecule has 1 aliphatic rings. The number of hydrogen-bond donors (Lipinski definition) is 2. The highest BCUT2D eigenvalue weighted by Gasteiger charge is 2.39. The third-order valence-electron chi connectivity index (χ3n) is 2.84. The van der Waals surface area contributed by atoms with Gasteiger partial charge >= 0.3 is 0 Å². The molecule has 2 heterocycles. The second-order valence-electron chi connectivity index (χ2n) is 4.57. The quantitative estimate of drug-likeness (QED) is 0.796. The molecular weight excluding hydrogens is 292 g/mol. The number of sulfonamides is 1. The van der Waals surface area contributed by atoms with Crippen LogP contribution in [0.1, 0.15) is 18.2 Å². The molecular formula is C10H14N2O3S3. The minimum Gasteiger partial charge on any atom is -0.389 e. The van der Waals surface area contributed by atoms with Gasteiger partial charge in [-0.3, -0.25) is 0 Å². The zero-order chi connectivity index (χ0) is 13.6. The van der Waals surface area contributed by atoms with Crippen LogP contribution >= 0.6 is 23.6 Å². The Morgan fingerprint density at radius 3 is 2.72 bits per heavy atom. The van der Waals surface area contributed by atoms with Crippen LogP contribution in [0, 0.1) is 0 Å². The monoisotopic (exact) mass is 306 g/mol. The molecule has 0 spiro atoms. The zero-order valence-electron chi connectivity index (χ0n) is 9.79. The van der Waals surface area contributed by atoms with E-state index in [1.807, 2.05) is 0 Å². The lowest BCUT2D eigenvalue weighted by atomic mass is 10.1. The molecule has 0 saturated carbocycles. The van der Waals surface area contributed by atoms with Crippen molar-refractivity contribution in [2.45, 2.75) is 23.2 Å². The van der Waals surface area contributed by atoms with E-state index < -0.39 is 15.6 Å². The number of aliphatic hydroxyl groups is 1. The van der Waals surface area contributed by atoms with Gasteiger partial charge in [0.05, 0.1) is 10.5 Å². The Labute approximate surface area is 115 Å². The van der Waals surface area contributed by atoms with Gasteiger partial charge in [0, 0.05) is 13.1 Å². The normalized spacial score (nSPS) is 25.4. The van der Waals surface area contributed by atoms with Crippen molar-refractivity contribution in [3.05, 3.63) is 17.0 Å². The van der Waals surface area contributed by atoms with Gasteiger partial charge in [-0.25, -0.2) is 8.42 Å². The Morgan fingerprint density at radius 2 is 2.28 bits per heavy atom. The SMILES string of the molecule is CC1(O)CCN(S(=O)(=O)c2ccc(C(N)=S)s2)C1. The summed E-state index contributed by atoms with van der Waals surface area (Å²) in [5, 5.41) is 9.83. The van der Waals surface area contributed by atoms with Crippen molar-refractivity contribution >= 4 is 38.6 Å². The summed E-state index contributed by atoms with van der Waals surface area (Å²) in [4.78, 5) is 0.768. The first-order valence-corrected chi connectivity index (χ1v) is 8.01. The topological polar surface area (TPSA) is 83.6 Å². The predicted octanol–water partition coefficient (Wildman–Crippen LogP) is 0.528. The second-order valence-corrected chi connectivity index (χ2v) is 8.26. The third-order valence-corrected chi connectivity index (χ3v) is 6.62. The standard InChI is InChI=1S/C10H14N2O3S3/c1-10(13)4-5-12(6-10)18(14,15)8-3-2-7(17-8)9(11)16/h2-3,13H,4-6H2,1H3,(H2,11,16). The van der Waals surface area contributed by atoms with Gasteiger partial charge in [-0.1, -0.05) is 12.2 Å². The van der Waals surface area contributed by atoms with Crippen molar-refractivity contribution in [2.24, 2.45) is 5.73 Å². The van der Waals surface area contributed by atoms with E-state index in [1.165, 1.54) is 10.4 Å². The van der Waals surface area contributed by atoms with Crippen LogP contribution in [0.4, 0.5) is 0 Å². The zero-order valence-corrected chi connectivity index (χ0v) is 12.2. The highest BCUT2D eigenvalue weighted by atomic mass is 32.2. The first-order valence-electron chi connectivity index (χ1n) is 5.34. The van der Waals surface area contributed by atoms with Crippen molar-refractivity contribution < 1.29 is 13.5 Å². The van der Waals surface area contributed by atoms with Gasteiger partial charge in [0.25, 0.3) is 10.0 Å². The summed E-state index contributed by atoms with van der Waals surface area (Å²) in [5.41, 5.74) is 4.51. The van der Waals surface area contributed by atoms with Gasteiger partial charge in [0.2, 0.25) is 0 Å². The Bertz CT molecular complexity index is 577. The van der Waals surface area contributed by atoms with Crippen LogP contribution in [-0.2, 0) is 10.0 Å². The molecule has 0 aromatic carbocycles. The minimum absolute atomic E-state index is 0.121. The van der Waals surface area contributed by atoms with E-state index in [-0.39, 0.29) is 15.7 Å². The molecule has 1 saturated heterocycles. The fourth-order valence-corrected chi connectivity index (χ4v) is 4.89. The van der Waals surface area contributed by atoms with Gasteiger partial charge in [-0.15, -0.1) is 11.3 Å². The number of thiocarbonyl (C=S) groups is 1. The first kappa shape index (κ1) is 13.9. The molecule has 3 N–H and O–H groups in total. The summed E-state index contributed by atoms with van der Waals surface area (Å²) in [6.45, 7) is 2.09. The Morgan fingerprint density at radius 1 is 1.61 bits per heavy atom. The number of β-amino-alcohol motifs (C(OH)–C–C–N with tert-alkyl or cyclic N) is 1. The van der Waals surface area contributed by atoms with Crippen molar-refractivity contribution in [1.29, 1.82) is 0 Å². The van der Waals surface area contributed by atoms with Crippen LogP contribution in [0.5, 0.6) is 0 Å². The summed E-state index contributed by atoms with van der Waals surface area (Å²) < 4.78 is 26.1. The van der Waals surface area contributed by atoms with Gasteiger partial charge < -0.3 is 10.8 Å². The van der Waals surface area contributed by atoms with E-state index in [2.05, 4.69) is 0 Å². The molecule has 1 fully saturated rings. The first-order chi connectivity index (χ1) is 8.22. The van der Waals surface area contributed by atoms with Crippen LogP contribution in [0.3, 0.4) is 0 Å². The van der Waals surface area contributed by atoms with E-state index in [4.69, 9.17) is 18.0 Å². The maximum absolute atomic E-state index is 12.3. The molecule has 1 aromatic heterocycles. The van der Waals surface area contributed by atoms with Crippen molar-refractivity contribution in [1.82, 2.24) is 4.31 Å². The molecule has 0 bridgehead atoms. The fraction of sp³-hybridized carbons (Fsp3) is 0.500. The molecule has 1 aromatic rings. The molecule has 2 rings (SSSR count). The maximum Gasteiger partial charge on any atom is 0.252 e. The average molecular weight is 306 g/mol. The summed E-state index contributed by atoms with van der Waals surface area (Å²) in [6, 6.07) is 3.11. The van der Waals surface area contributed by atoms with Crippen LogP contribution in [0.15, 0.2) is 16.3 Å². The van der Waals surface area contributed by atoms with E-state index in [0.29, 0.717) is 17.8 Å². The Kier molecular flexibility index (Phi) is 3.50. The number of rotatable bonds is 3. The molecule has 1 atom stereocenters. The summed E-state index contributed by atoms with van der Waals surface area (Å²) in [6.07, 6.45) is 0.444. The largest absolute Gasteiger partial charge is 0.389 e. The van der Waals surface area contributed by atoms with Crippen LogP contribution in [-0.4, -0.2) is 41.5 Å². The van der Waals surface area contributed by atoms with E-state index >= 15 is 0 Å². The molecule has 0 aliphatic carbocycles. The van der Waals surface area contributed by atoms with Crippen LogP contribution in [0.2, 0.25) is 0 Å². The average Bonchev–Trinajstić information content (AvgIpc) is 2.84. The predicted molar refractivity (Wildman–Crippen MR) is 74.2 cm³/mol. The van der Waals surface area contributed by atoms with Crippen molar-refractivity contribution in [3.63, 3.8) is 0 Å². The van der Waals surface area contributed by atoms with Crippen molar-refractivity contribution in [2.75, 3.05) is 13.1 Å². The van der Waals surface area contributed by atoms with Gasteiger partial charge in [0.1, 0.15) is 9.20 Å². The molecule has 8 heteroatoms. The molecule has 1 aliphatic heterocycles. The molecule has 5 nitrogen and oxygen atoms in total. The van der Waals surface area contributed by atoms with E-state index in [1.54, 1.807) is 13.0 Å². The molecule has 0 amide bonds. The van der Waals surface area contributed by atoms with E-state index in [9.17, 15) is 13.5 Å². The summed E-state index contributed by atoms with van der Waals surface area (Å²) in [5.74, 6) is 0. The van der Waals surface area contributed by atoms with Crippen LogP contribution in [0.25, 0.3) is 0 Å². The lowest BCUT2D eigenvalue weighted by molar-refractivity contribution is 0.0762. The Balaban J connectivity index is 2.28. The lowest BCUT2D eigenvalue weighted by Crippen LogP contribution is -2.33. The minimum atomic E-state index is -3.55. The molecule has 18 heavy (non-hydrogen) atoms. The highest BCUT2D eigenvalue weighted by Crippen LogP contribution is 2.30. The van der Waals surface area contributed by atoms with Gasteiger partial charge in [-0.2, -0.15) is 4.31 Å². The van der Waals surface area contributed by atoms with Gasteiger partial charge in [-0.05, 0) is 25.5 Å². The van der Waals surface area contributed by atoms with Crippen LogP contribution < -0.4 is 5.73 Å². The van der Waals surface area contributed by atoms with E-state index in [0.717, 1.165) is 11.3 Å². The summed E-state index contributed by atoms with van der Waals surface area (Å²) >= 11 is 5.87. The second kappa shape index (κ2) is 4.53. The lowest BCUT2D eigenvalue weighted by Gasteiger charge is -2.17. The summed E-state index contributed by atoms with van der Waals surface area (Å²) in [7, 11) is -3.55. The number of hydrogen-bond acceptors (Lipinski definition) is 5. The maximum atomic E-state index is 12.3. The third kappa shape index (κ3) is 2.57. The molecule has 0 radical (unpaired) electrons. The number of nitrogens with zero attached hydrogens (tertiary/aromatic N) is 1. The fourth-order valence-electron chi connectivity index (χ4n) is 1.83. The number of thiophene rings is 1.